The third-order valence-electron chi connectivity index (χ3n) is 3.27. The van der Waals surface area contributed by atoms with Crippen LogP contribution in [0.15, 0.2) is 48.5 Å². The Morgan fingerprint density at radius 3 is 2.26 bits per heavy atom. The molecule has 2 aromatic carbocycles. The van der Waals surface area contributed by atoms with Crippen molar-refractivity contribution in [2.24, 2.45) is 0 Å². The minimum atomic E-state index is -1.60. The maximum atomic E-state index is 12.2. The lowest BCUT2D eigenvalue weighted by atomic mass is 9.79. The maximum Gasteiger partial charge on any atom is 0.488 e. The van der Waals surface area contributed by atoms with E-state index in [-0.39, 0.29) is 11.2 Å². The SMILES string of the molecule is COc1cc(C=CC(=O)c2cccc(B(O)O)c2)cc(OC)c1. The monoisotopic (exact) mass is 312 g/mol. The Kier molecular flexibility index (Phi) is 5.57. The first-order valence-corrected chi connectivity index (χ1v) is 6.95. The topological polar surface area (TPSA) is 76.0 Å². The predicted molar refractivity (Wildman–Crippen MR) is 89.2 cm³/mol. The number of carbonyl (C=O) groups is 1. The Balaban J connectivity index is 2.22. The van der Waals surface area contributed by atoms with E-state index in [4.69, 9.17) is 19.5 Å². The van der Waals surface area contributed by atoms with Crippen LogP contribution < -0.4 is 14.9 Å². The van der Waals surface area contributed by atoms with Gasteiger partial charge < -0.3 is 19.5 Å². The summed E-state index contributed by atoms with van der Waals surface area (Å²) in [5.41, 5.74) is 1.40. The van der Waals surface area contributed by atoms with Crippen LogP contribution in [0.5, 0.6) is 11.5 Å². The molecule has 118 valence electrons. The average molecular weight is 312 g/mol. The van der Waals surface area contributed by atoms with Crippen molar-refractivity contribution in [3.63, 3.8) is 0 Å². The molecule has 2 aromatic rings. The standard InChI is InChI=1S/C17H17BO5/c1-22-15-8-12(9-16(11-15)23-2)6-7-17(19)13-4-3-5-14(10-13)18(20)21/h3-11,20-21H,1-2H3. The molecule has 0 atom stereocenters. The van der Waals surface area contributed by atoms with Crippen LogP contribution in [0.3, 0.4) is 0 Å². The summed E-state index contributed by atoms with van der Waals surface area (Å²) in [6.45, 7) is 0. The number of carbonyl (C=O) groups excluding carboxylic acids is 1. The molecule has 0 spiro atoms. The molecule has 0 saturated heterocycles. The van der Waals surface area contributed by atoms with E-state index in [0.29, 0.717) is 17.1 Å². The summed E-state index contributed by atoms with van der Waals surface area (Å²) in [6, 6.07) is 11.5. The van der Waals surface area contributed by atoms with Gasteiger partial charge in [0.05, 0.1) is 14.2 Å². The Bertz CT molecular complexity index is 702. The number of allylic oxidation sites excluding steroid dienone is 1. The Labute approximate surface area is 134 Å². The lowest BCUT2D eigenvalue weighted by molar-refractivity contribution is 0.104. The van der Waals surface area contributed by atoms with Gasteiger partial charge in [-0.2, -0.15) is 0 Å². The quantitative estimate of drug-likeness (QED) is 0.477. The third-order valence-corrected chi connectivity index (χ3v) is 3.27. The first-order chi connectivity index (χ1) is 11.0. The van der Waals surface area contributed by atoms with Gasteiger partial charge >= 0.3 is 7.12 Å². The molecule has 0 fully saturated rings. The molecule has 0 aliphatic rings. The molecule has 0 heterocycles. The summed E-state index contributed by atoms with van der Waals surface area (Å²) in [5.74, 6) is 1.01. The van der Waals surface area contributed by atoms with Crippen molar-refractivity contribution in [1.29, 1.82) is 0 Å². The van der Waals surface area contributed by atoms with Crippen LogP contribution in [0.2, 0.25) is 0 Å². The highest BCUT2D eigenvalue weighted by molar-refractivity contribution is 6.58. The van der Waals surface area contributed by atoms with Crippen LogP contribution in [0, 0.1) is 0 Å². The Morgan fingerprint density at radius 1 is 1.04 bits per heavy atom. The summed E-state index contributed by atoms with van der Waals surface area (Å²) in [4.78, 5) is 12.2. The molecule has 0 radical (unpaired) electrons. The van der Waals surface area contributed by atoms with Gasteiger partial charge in [0.1, 0.15) is 11.5 Å². The van der Waals surface area contributed by atoms with Gasteiger partial charge in [0.2, 0.25) is 0 Å². The number of methoxy groups -OCH3 is 2. The molecule has 0 saturated carbocycles. The lowest BCUT2D eigenvalue weighted by Gasteiger charge is -2.05. The number of ketones is 1. The Hall–Kier alpha value is -2.57. The molecule has 5 nitrogen and oxygen atoms in total. The highest BCUT2D eigenvalue weighted by Crippen LogP contribution is 2.23. The summed E-state index contributed by atoms with van der Waals surface area (Å²) >= 11 is 0. The fourth-order valence-corrected chi connectivity index (χ4v) is 2.05. The molecule has 2 rings (SSSR count). The summed E-state index contributed by atoms with van der Waals surface area (Å²) in [5, 5.41) is 18.3. The smallest absolute Gasteiger partial charge is 0.488 e. The van der Waals surface area contributed by atoms with E-state index < -0.39 is 7.12 Å². The van der Waals surface area contributed by atoms with Crippen molar-refractivity contribution in [2.45, 2.75) is 0 Å². The number of rotatable bonds is 6. The molecule has 0 bridgehead atoms. The zero-order valence-corrected chi connectivity index (χ0v) is 12.9. The Morgan fingerprint density at radius 2 is 1.70 bits per heavy atom. The molecule has 0 aromatic heterocycles. The summed E-state index contributed by atoms with van der Waals surface area (Å²) < 4.78 is 10.4. The highest BCUT2D eigenvalue weighted by atomic mass is 16.5. The summed E-state index contributed by atoms with van der Waals surface area (Å²) in [6.07, 6.45) is 3.06. The molecule has 0 unspecified atom stereocenters. The molecular weight excluding hydrogens is 295 g/mol. The number of hydrogen-bond donors (Lipinski definition) is 2. The van der Waals surface area contributed by atoms with Crippen molar-refractivity contribution in [2.75, 3.05) is 14.2 Å². The zero-order chi connectivity index (χ0) is 16.8. The first kappa shape index (κ1) is 16.8. The van der Waals surface area contributed by atoms with Crippen LogP contribution in [0.4, 0.5) is 0 Å². The minimum absolute atomic E-state index is 0.241. The second kappa shape index (κ2) is 7.62. The van der Waals surface area contributed by atoms with Crippen LogP contribution in [0.25, 0.3) is 6.08 Å². The van der Waals surface area contributed by atoms with Gasteiger partial charge in [0, 0.05) is 11.6 Å². The van der Waals surface area contributed by atoms with Crippen molar-refractivity contribution in [1.82, 2.24) is 0 Å². The van der Waals surface area contributed by atoms with Gasteiger partial charge in [0.15, 0.2) is 5.78 Å². The fourth-order valence-electron chi connectivity index (χ4n) is 2.05. The van der Waals surface area contributed by atoms with Gasteiger partial charge in [-0.15, -0.1) is 0 Å². The van der Waals surface area contributed by atoms with Gasteiger partial charge in [-0.1, -0.05) is 30.3 Å². The van der Waals surface area contributed by atoms with Crippen molar-refractivity contribution in [3.8, 4) is 11.5 Å². The molecule has 0 aliphatic heterocycles. The minimum Gasteiger partial charge on any atom is -0.497 e. The number of benzene rings is 2. The molecule has 0 aliphatic carbocycles. The van der Waals surface area contributed by atoms with Gasteiger partial charge in [-0.3, -0.25) is 4.79 Å². The van der Waals surface area contributed by atoms with Gasteiger partial charge in [0.25, 0.3) is 0 Å². The number of ether oxygens (including phenoxy) is 2. The van der Waals surface area contributed by atoms with Crippen molar-refractivity contribution >= 4 is 24.4 Å². The van der Waals surface area contributed by atoms with E-state index >= 15 is 0 Å². The van der Waals surface area contributed by atoms with E-state index in [9.17, 15) is 4.79 Å². The molecule has 0 amide bonds. The second-order valence-electron chi connectivity index (χ2n) is 4.84. The molecular formula is C17H17BO5. The van der Waals surface area contributed by atoms with Crippen molar-refractivity contribution in [3.05, 3.63) is 59.7 Å². The van der Waals surface area contributed by atoms with E-state index in [1.54, 1.807) is 50.6 Å². The lowest BCUT2D eigenvalue weighted by Crippen LogP contribution is -2.30. The number of hydrogen-bond acceptors (Lipinski definition) is 5. The van der Waals surface area contributed by atoms with E-state index in [2.05, 4.69) is 0 Å². The van der Waals surface area contributed by atoms with Gasteiger partial charge in [-0.05, 0) is 29.2 Å². The van der Waals surface area contributed by atoms with Crippen LogP contribution in [0.1, 0.15) is 15.9 Å². The zero-order valence-electron chi connectivity index (χ0n) is 12.9. The van der Waals surface area contributed by atoms with E-state index in [0.717, 1.165) is 5.56 Å². The largest absolute Gasteiger partial charge is 0.497 e. The summed E-state index contributed by atoms with van der Waals surface area (Å²) in [7, 11) is 1.51. The van der Waals surface area contributed by atoms with Crippen molar-refractivity contribution < 1.29 is 24.3 Å². The second-order valence-corrected chi connectivity index (χ2v) is 4.84. The molecule has 6 heteroatoms. The van der Waals surface area contributed by atoms with E-state index in [1.807, 2.05) is 0 Å². The molecule has 23 heavy (non-hydrogen) atoms. The van der Waals surface area contributed by atoms with Gasteiger partial charge in [-0.25, -0.2) is 0 Å². The molecule has 2 N–H and O–H groups in total. The predicted octanol–water partition coefficient (Wildman–Crippen LogP) is 1.28. The van der Waals surface area contributed by atoms with Crippen LogP contribution >= 0.6 is 0 Å². The van der Waals surface area contributed by atoms with Crippen LogP contribution in [-0.4, -0.2) is 37.2 Å². The first-order valence-electron chi connectivity index (χ1n) is 6.95. The fraction of sp³-hybridized carbons (Fsp3) is 0.118. The average Bonchev–Trinajstić information content (AvgIpc) is 2.59. The normalized spacial score (nSPS) is 10.6. The third kappa shape index (κ3) is 4.45. The van der Waals surface area contributed by atoms with Crippen LogP contribution in [-0.2, 0) is 0 Å². The highest BCUT2D eigenvalue weighted by Gasteiger charge is 2.12. The maximum absolute atomic E-state index is 12.2. The van der Waals surface area contributed by atoms with E-state index in [1.165, 1.54) is 18.2 Å².